The van der Waals surface area contributed by atoms with Crippen LogP contribution in [0.25, 0.3) is 0 Å². The fourth-order valence-corrected chi connectivity index (χ4v) is 4.39. The molecule has 0 saturated heterocycles. The molecule has 0 aliphatic heterocycles. The van der Waals surface area contributed by atoms with Crippen molar-refractivity contribution in [3.05, 3.63) is 47.0 Å². The Morgan fingerprint density at radius 2 is 2.19 bits per heavy atom. The number of thiazole rings is 1. The van der Waals surface area contributed by atoms with Gasteiger partial charge in [0, 0.05) is 24.0 Å². The lowest BCUT2D eigenvalue weighted by molar-refractivity contribution is -0.115. The summed E-state index contributed by atoms with van der Waals surface area (Å²) in [4.78, 5) is 17.9. The number of benzene rings is 1. The highest BCUT2D eigenvalue weighted by atomic mass is 32.2. The molecular formula is C17H17FN6OS2. The summed E-state index contributed by atoms with van der Waals surface area (Å²) in [6.07, 6.45) is 2.21. The highest BCUT2D eigenvalue weighted by Crippen LogP contribution is 2.39. The number of nitrogens with zero attached hydrogens (tertiary/aromatic N) is 5. The molecule has 3 aromatic rings. The first-order valence-corrected chi connectivity index (χ1v) is 10.2. The van der Waals surface area contributed by atoms with Crippen LogP contribution in [0.4, 0.5) is 15.2 Å². The molecule has 4 rings (SSSR count). The Balaban J connectivity index is 1.50. The minimum absolute atomic E-state index is 0.189. The van der Waals surface area contributed by atoms with Gasteiger partial charge in [0.15, 0.2) is 11.0 Å². The maximum atomic E-state index is 14.1. The van der Waals surface area contributed by atoms with Crippen molar-refractivity contribution in [1.82, 2.24) is 19.9 Å². The van der Waals surface area contributed by atoms with Gasteiger partial charge in [-0.1, -0.05) is 23.9 Å². The first kappa shape index (κ1) is 17.9. The third-order valence-electron chi connectivity index (χ3n) is 4.12. The normalized spacial score (nSPS) is 13.7. The second-order valence-corrected chi connectivity index (χ2v) is 7.98. The molecule has 0 spiro atoms. The zero-order chi connectivity index (χ0) is 19.0. The van der Waals surface area contributed by atoms with Crippen molar-refractivity contribution in [3.63, 3.8) is 0 Å². The van der Waals surface area contributed by atoms with E-state index in [9.17, 15) is 9.18 Å². The summed E-state index contributed by atoms with van der Waals surface area (Å²) in [6, 6.07) is 6.15. The number of anilines is 2. The van der Waals surface area contributed by atoms with Crippen molar-refractivity contribution < 1.29 is 9.18 Å². The van der Waals surface area contributed by atoms with E-state index in [-0.39, 0.29) is 11.6 Å². The summed E-state index contributed by atoms with van der Waals surface area (Å²) < 4.78 is 15.7. The van der Waals surface area contributed by atoms with Gasteiger partial charge in [-0.2, -0.15) is 0 Å². The van der Waals surface area contributed by atoms with E-state index in [4.69, 9.17) is 5.84 Å². The predicted octanol–water partition coefficient (Wildman–Crippen LogP) is 3.44. The molecule has 7 nitrogen and oxygen atoms in total. The third kappa shape index (κ3) is 3.67. The van der Waals surface area contributed by atoms with E-state index in [0.29, 0.717) is 22.0 Å². The molecule has 1 saturated carbocycles. The maximum Gasteiger partial charge on any atom is 0.230 e. The van der Waals surface area contributed by atoms with Crippen LogP contribution in [0.5, 0.6) is 0 Å². The molecule has 27 heavy (non-hydrogen) atoms. The van der Waals surface area contributed by atoms with Crippen molar-refractivity contribution in [2.24, 2.45) is 0 Å². The van der Waals surface area contributed by atoms with E-state index >= 15 is 0 Å². The molecule has 0 radical (unpaired) electrons. The SMILES string of the molecule is CC(=O)N(c1nc(CSc2nnc(C3CC3)n2N)cs1)c1ccccc1F. The monoisotopic (exact) mass is 404 g/mol. The zero-order valence-electron chi connectivity index (χ0n) is 14.5. The number of hydrogen-bond donors (Lipinski definition) is 1. The standard InChI is InChI=1S/C17H17FN6OS2/c1-10(25)23(14-5-3-2-4-13(14)18)16-20-12(8-26-16)9-27-17-22-21-15(24(17)19)11-6-7-11/h2-5,8,11H,6-7,9,19H2,1H3. The summed E-state index contributed by atoms with van der Waals surface area (Å²) in [5.74, 6) is 7.05. The molecule has 2 aromatic heterocycles. The summed E-state index contributed by atoms with van der Waals surface area (Å²) in [7, 11) is 0. The first-order chi connectivity index (χ1) is 13.0. The van der Waals surface area contributed by atoms with Gasteiger partial charge in [0.05, 0.1) is 11.4 Å². The predicted molar refractivity (Wildman–Crippen MR) is 103 cm³/mol. The molecule has 1 amide bonds. The Labute approximate surface area is 163 Å². The summed E-state index contributed by atoms with van der Waals surface area (Å²) in [6.45, 7) is 1.39. The van der Waals surface area contributed by atoms with Crippen molar-refractivity contribution >= 4 is 39.8 Å². The number of amides is 1. The minimum Gasteiger partial charge on any atom is -0.336 e. The average Bonchev–Trinajstić information content (AvgIpc) is 3.27. The molecule has 1 aliphatic carbocycles. The van der Waals surface area contributed by atoms with E-state index in [0.717, 1.165) is 24.4 Å². The van der Waals surface area contributed by atoms with Crippen molar-refractivity contribution in [2.75, 3.05) is 10.7 Å². The topological polar surface area (TPSA) is 89.9 Å². The lowest BCUT2D eigenvalue weighted by Crippen LogP contribution is -2.23. The maximum absolute atomic E-state index is 14.1. The molecule has 2 N–H and O–H groups in total. The van der Waals surface area contributed by atoms with Crippen LogP contribution < -0.4 is 10.7 Å². The van der Waals surface area contributed by atoms with Gasteiger partial charge in [0.25, 0.3) is 0 Å². The van der Waals surface area contributed by atoms with Gasteiger partial charge in [-0.05, 0) is 25.0 Å². The molecule has 1 aromatic carbocycles. The van der Waals surface area contributed by atoms with Gasteiger partial charge in [-0.25, -0.2) is 14.1 Å². The van der Waals surface area contributed by atoms with Crippen LogP contribution in [-0.2, 0) is 10.5 Å². The Morgan fingerprint density at radius 3 is 2.89 bits per heavy atom. The third-order valence-corrected chi connectivity index (χ3v) is 5.97. The fraction of sp³-hybridized carbons (Fsp3) is 0.294. The fourth-order valence-electron chi connectivity index (χ4n) is 2.65. The molecule has 2 heterocycles. The smallest absolute Gasteiger partial charge is 0.230 e. The number of carbonyl (C=O) groups is 1. The molecule has 1 fully saturated rings. The van der Waals surface area contributed by atoms with Crippen LogP contribution in [0.2, 0.25) is 0 Å². The number of halogens is 1. The highest BCUT2D eigenvalue weighted by molar-refractivity contribution is 7.98. The van der Waals surface area contributed by atoms with E-state index < -0.39 is 5.82 Å². The van der Waals surface area contributed by atoms with Crippen LogP contribution in [0, 0.1) is 5.82 Å². The minimum atomic E-state index is -0.470. The summed E-state index contributed by atoms with van der Waals surface area (Å²) in [5, 5.41) is 11.2. The lowest BCUT2D eigenvalue weighted by Gasteiger charge is -2.18. The van der Waals surface area contributed by atoms with Crippen molar-refractivity contribution in [3.8, 4) is 0 Å². The number of thioether (sulfide) groups is 1. The summed E-state index contributed by atoms with van der Waals surface area (Å²) >= 11 is 2.72. The quantitative estimate of drug-likeness (QED) is 0.500. The van der Waals surface area contributed by atoms with Gasteiger partial charge in [-0.15, -0.1) is 21.5 Å². The Morgan fingerprint density at radius 1 is 1.41 bits per heavy atom. The number of carbonyl (C=O) groups excluding carboxylic acids is 1. The number of aromatic nitrogens is 4. The first-order valence-electron chi connectivity index (χ1n) is 8.37. The van der Waals surface area contributed by atoms with Gasteiger partial charge in [0.2, 0.25) is 11.1 Å². The number of hydrogen-bond acceptors (Lipinski definition) is 7. The molecule has 0 atom stereocenters. The van der Waals surface area contributed by atoms with Crippen LogP contribution in [-0.4, -0.2) is 25.8 Å². The van der Waals surface area contributed by atoms with Crippen LogP contribution >= 0.6 is 23.1 Å². The number of nitrogen functional groups attached to an aromatic ring is 1. The van der Waals surface area contributed by atoms with Crippen LogP contribution in [0.1, 0.15) is 37.2 Å². The van der Waals surface area contributed by atoms with Crippen molar-refractivity contribution in [2.45, 2.75) is 36.6 Å². The van der Waals surface area contributed by atoms with E-state index in [2.05, 4.69) is 15.2 Å². The zero-order valence-corrected chi connectivity index (χ0v) is 16.1. The largest absolute Gasteiger partial charge is 0.336 e. The molecule has 0 bridgehead atoms. The van der Waals surface area contributed by atoms with Crippen LogP contribution in [0.3, 0.4) is 0 Å². The highest BCUT2D eigenvalue weighted by Gasteiger charge is 2.30. The number of rotatable bonds is 6. The molecule has 0 unspecified atom stereocenters. The number of para-hydroxylation sites is 1. The van der Waals surface area contributed by atoms with E-state index in [1.807, 2.05) is 5.38 Å². The van der Waals surface area contributed by atoms with Gasteiger partial charge in [0.1, 0.15) is 5.82 Å². The lowest BCUT2D eigenvalue weighted by atomic mass is 10.3. The molecule has 10 heteroatoms. The van der Waals surface area contributed by atoms with Gasteiger partial charge >= 0.3 is 0 Å². The number of nitrogens with two attached hydrogens (primary N) is 1. The molecule has 1 aliphatic rings. The van der Waals surface area contributed by atoms with E-state index in [1.165, 1.54) is 45.7 Å². The second-order valence-electron chi connectivity index (χ2n) is 6.20. The van der Waals surface area contributed by atoms with Gasteiger partial charge in [-0.3, -0.25) is 9.69 Å². The second kappa shape index (κ2) is 7.28. The Bertz CT molecular complexity index is 983. The Hall–Kier alpha value is -2.46. The van der Waals surface area contributed by atoms with E-state index in [1.54, 1.807) is 18.2 Å². The molecular weight excluding hydrogens is 387 g/mol. The van der Waals surface area contributed by atoms with Crippen LogP contribution in [0.15, 0.2) is 34.8 Å². The Kier molecular flexibility index (Phi) is 4.83. The molecule has 140 valence electrons. The average molecular weight is 404 g/mol. The van der Waals surface area contributed by atoms with Crippen molar-refractivity contribution in [1.29, 1.82) is 0 Å². The summed E-state index contributed by atoms with van der Waals surface area (Å²) in [5.41, 5.74) is 0.952. The van der Waals surface area contributed by atoms with Gasteiger partial charge < -0.3 is 5.84 Å².